The summed E-state index contributed by atoms with van der Waals surface area (Å²) < 4.78 is 5.74. The molecule has 1 saturated heterocycles. The first kappa shape index (κ1) is 20.0. The van der Waals surface area contributed by atoms with Gasteiger partial charge in [-0.2, -0.15) is 0 Å². The summed E-state index contributed by atoms with van der Waals surface area (Å²) >= 11 is 0. The van der Waals surface area contributed by atoms with Crippen LogP contribution in [-0.2, 0) is 0 Å². The number of likely N-dealkylation sites (N-methyl/N-ethyl adjacent to an activating group) is 1. The highest BCUT2D eigenvalue weighted by Crippen LogP contribution is 2.18. The number of nitrogens with one attached hydrogen (secondary N) is 2. The van der Waals surface area contributed by atoms with Crippen LogP contribution in [-0.4, -0.2) is 55.2 Å². The van der Waals surface area contributed by atoms with Crippen molar-refractivity contribution >= 4 is 11.5 Å². The molecule has 0 aromatic heterocycles. The average molecular weight is 358 g/mol. The number of amidine groups is 1. The molecule has 6 heteroatoms. The zero-order valence-corrected chi connectivity index (χ0v) is 15.7. The van der Waals surface area contributed by atoms with E-state index >= 15 is 0 Å². The van der Waals surface area contributed by atoms with Crippen LogP contribution < -0.4 is 15.4 Å². The highest BCUT2D eigenvalue weighted by Gasteiger charge is 2.16. The molecular formula is C20H30N4O2. The number of ether oxygens (including phenoxy) is 1. The van der Waals surface area contributed by atoms with Crippen molar-refractivity contribution in [1.82, 2.24) is 10.2 Å². The second-order valence-electron chi connectivity index (χ2n) is 6.43. The average Bonchev–Trinajstić information content (AvgIpc) is 3.13. The highest BCUT2D eigenvalue weighted by molar-refractivity contribution is 5.94. The Kier molecular flexibility index (Phi) is 8.18. The maximum absolute atomic E-state index is 10.1. The van der Waals surface area contributed by atoms with Crippen LogP contribution in [0.1, 0.15) is 19.8 Å². The van der Waals surface area contributed by atoms with Crippen LogP contribution in [0.3, 0.4) is 0 Å². The van der Waals surface area contributed by atoms with Crippen molar-refractivity contribution in [2.24, 2.45) is 4.99 Å². The van der Waals surface area contributed by atoms with Crippen LogP contribution in [0.25, 0.3) is 0 Å². The first-order valence-electron chi connectivity index (χ1n) is 9.04. The fourth-order valence-corrected chi connectivity index (χ4v) is 2.74. The third-order valence-electron chi connectivity index (χ3n) is 4.13. The van der Waals surface area contributed by atoms with Gasteiger partial charge in [0.05, 0.1) is 0 Å². The van der Waals surface area contributed by atoms with Gasteiger partial charge < -0.3 is 25.4 Å². The lowest BCUT2D eigenvalue weighted by atomic mass is 10.3. The number of anilines is 1. The van der Waals surface area contributed by atoms with Gasteiger partial charge in [0.2, 0.25) is 0 Å². The summed E-state index contributed by atoms with van der Waals surface area (Å²) in [7, 11) is 1.81. The van der Waals surface area contributed by atoms with Gasteiger partial charge in [0.1, 0.15) is 24.3 Å². The first-order chi connectivity index (χ1) is 12.6. The van der Waals surface area contributed by atoms with Gasteiger partial charge in [-0.05, 0) is 51.1 Å². The van der Waals surface area contributed by atoms with E-state index in [2.05, 4.69) is 27.1 Å². The molecule has 0 radical (unpaired) electrons. The van der Waals surface area contributed by atoms with Crippen LogP contribution in [0.2, 0.25) is 0 Å². The van der Waals surface area contributed by atoms with Crippen molar-refractivity contribution in [1.29, 1.82) is 0 Å². The van der Waals surface area contributed by atoms with Crippen LogP contribution in [0.5, 0.6) is 5.75 Å². The molecule has 1 aromatic rings. The van der Waals surface area contributed by atoms with E-state index in [0.29, 0.717) is 13.2 Å². The number of benzene rings is 1. The smallest absolute Gasteiger partial charge is 0.121 e. The molecule has 3 N–H and O–H groups in total. The quantitative estimate of drug-likeness (QED) is 0.360. The first-order valence-corrected chi connectivity index (χ1v) is 9.04. The second kappa shape index (κ2) is 10.6. The Hall–Kier alpha value is -2.31. The minimum atomic E-state index is -0.474. The predicted molar refractivity (Wildman–Crippen MR) is 108 cm³/mol. The van der Waals surface area contributed by atoms with E-state index in [0.717, 1.165) is 36.1 Å². The summed E-state index contributed by atoms with van der Waals surface area (Å²) in [4.78, 5) is 6.59. The third kappa shape index (κ3) is 7.29. The molecule has 0 bridgehead atoms. The third-order valence-corrected chi connectivity index (χ3v) is 4.13. The zero-order valence-electron chi connectivity index (χ0n) is 15.7. The van der Waals surface area contributed by atoms with Crippen molar-refractivity contribution in [3.8, 4) is 5.75 Å². The zero-order chi connectivity index (χ0) is 18.8. The van der Waals surface area contributed by atoms with E-state index in [1.807, 2.05) is 38.2 Å². The second-order valence-corrected chi connectivity index (χ2v) is 6.43. The van der Waals surface area contributed by atoms with Gasteiger partial charge in [0.25, 0.3) is 0 Å². The van der Waals surface area contributed by atoms with Crippen molar-refractivity contribution in [2.75, 3.05) is 38.6 Å². The lowest BCUT2D eigenvalue weighted by molar-refractivity contribution is 0.0758. The summed E-state index contributed by atoms with van der Waals surface area (Å²) in [6, 6.07) is 7.65. The molecule has 0 amide bonds. The van der Waals surface area contributed by atoms with Gasteiger partial charge in [0, 0.05) is 37.2 Å². The van der Waals surface area contributed by atoms with Crippen LogP contribution in [0.15, 0.2) is 53.8 Å². The molecule has 1 aliphatic rings. The molecule has 0 spiro atoms. The number of hydrogen-bond donors (Lipinski definition) is 3. The Morgan fingerprint density at radius 1 is 1.42 bits per heavy atom. The number of β-amino-alcohol motifs (C(OH)–C–C–N with tert-alkyl or cyclic N) is 1. The largest absolute Gasteiger partial charge is 0.491 e. The fourth-order valence-electron chi connectivity index (χ4n) is 2.74. The number of allylic oxidation sites excluding steroid dienone is 1. The van der Waals surface area contributed by atoms with Crippen molar-refractivity contribution < 1.29 is 9.84 Å². The van der Waals surface area contributed by atoms with Crippen molar-refractivity contribution in [2.45, 2.75) is 25.9 Å². The number of aliphatic imine (C=N–C) groups is 1. The highest BCUT2D eigenvalue weighted by atomic mass is 16.5. The summed E-state index contributed by atoms with van der Waals surface area (Å²) in [5.41, 5.74) is 1.68. The molecule has 1 aliphatic heterocycles. The van der Waals surface area contributed by atoms with Gasteiger partial charge in [-0.3, -0.25) is 0 Å². The molecule has 1 heterocycles. The Labute approximate surface area is 156 Å². The number of likely N-dealkylation sites (tertiary alicyclic amines) is 1. The standard InChI is InChI=1S/C20H30N4O2/c1-16(21-3)9-10-22-17(2)23-18-7-6-8-20(13-18)26-15-19(25)14-24-11-4-5-12-24/h6-10,13,19,21,25H,1,4-5,11-12,14-15H2,2-3H3,(H,22,23)/b10-9-/t19-/m1/s1. The Bertz CT molecular complexity index is 636. The molecule has 26 heavy (non-hydrogen) atoms. The Morgan fingerprint density at radius 3 is 2.92 bits per heavy atom. The van der Waals surface area contributed by atoms with E-state index in [9.17, 15) is 5.11 Å². The minimum Gasteiger partial charge on any atom is -0.491 e. The molecule has 1 atom stereocenters. The lowest BCUT2D eigenvalue weighted by Gasteiger charge is -2.19. The van der Waals surface area contributed by atoms with E-state index < -0.39 is 6.10 Å². The molecule has 1 fully saturated rings. The molecule has 1 aromatic carbocycles. The lowest BCUT2D eigenvalue weighted by Crippen LogP contribution is -2.33. The van der Waals surface area contributed by atoms with Gasteiger partial charge in [0.15, 0.2) is 0 Å². The Balaban J connectivity index is 1.81. The van der Waals surface area contributed by atoms with E-state index in [1.54, 1.807) is 12.3 Å². The molecule has 0 aliphatic carbocycles. The van der Waals surface area contributed by atoms with Crippen molar-refractivity contribution in [3.63, 3.8) is 0 Å². The normalized spacial score (nSPS) is 16.7. The maximum atomic E-state index is 10.1. The number of rotatable bonds is 9. The van der Waals surface area contributed by atoms with E-state index in [1.165, 1.54) is 12.8 Å². The van der Waals surface area contributed by atoms with Gasteiger partial charge in [-0.25, -0.2) is 4.99 Å². The van der Waals surface area contributed by atoms with Crippen LogP contribution >= 0.6 is 0 Å². The molecule has 6 nitrogen and oxygen atoms in total. The van der Waals surface area contributed by atoms with Crippen LogP contribution in [0.4, 0.5) is 5.69 Å². The monoisotopic (exact) mass is 358 g/mol. The molecule has 0 saturated carbocycles. The van der Waals surface area contributed by atoms with E-state index in [4.69, 9.17) is 4.74 Å². The number of aliphatic hydroxyl groups is 1. The molecular weight excluding hydrogens is 328 g/mol. The SMILES string of the molecule is C=C(/C=C\N=C(C)Nc1cccc(OC[C@H](O)CN2CCCC2)c1)NC. The molecule has 142 valence electrons. The molecule has 0 unspecified atom stereocenters. The summed E-state index contributed by atoms with van der Waals surface area (Å²) in [6.45, 7) is 8.81. The summed E-state index contributed by atoms with van der Waals surface area (Å²) in [5.74, 6) is 1.48. The minimum absolute atomic E-state index is 0.294. The van der Waals surface area contributed by atoms with Gasteiger partial charge in [-0.1, -0.05) is 12.6 Å². The van der Waals surface area contributed by atoms with Gasteiger partial charge in [-0.15, -0.1) is 0 Å². The van der Waals surface area contributed by atoms with E-state index in [-0.39, 0.29) is 0 Å². The number of hydrogen-bond acceptors (Lipinski definition) is 5. The maximum Gasteiger partial charge on any atom is 0.121 e. The van der Waals surface area contributed by atoms with Crippen molar-refractivity contribution in [3.05, 3.63) is 48.8 Å². The Morgan fingerprint density at radius 2 is 2.19 bits per heavy atom. The summed E-state index contributed by atoms with van der Waals surface area (Å²) in [5, 5.41) is 16.3. The topological polar surface area (TPSA) is 69.1 Å². The van der Waals surface area contributed by atoms with Gasteiger partial charge >= 0.3 is 0 Å². The predicted octanol–water partition coefficient (Wildman–Crippen LogP) is 2.60. The number of nitrogens with zero attached hydrogens (tertiary/aromatic N) is 2. The molecule has 2 rings (SSSR count). The van der Waals surface area contributed by atoms with Crippen LogP contribution in [0, 0.1) is 0 Å². The summed E-state index contributed by atoms with van der Waals surface area (Å²) in [6.07, 6.45) is 5.46. The number of aliphatic hydroxyl groups excluding tert-OH is 1. The fraction of sp³-hybridized carbons (Fsp3) is 0.450.